The van der Waals surface area contributed by atoms with Crippen LogP contribution in [0.2, 0.25) is 5.02 Å². The number of halogens is 1. The molecule has 9 nitrogen and oxygen atoms in total. The number of amides is 2. The van der Waals surface area contributed by atoms with Crippen molar-refractivity contribution >= 4 is 34.8 Å². The first-order chi connectivity index (χ1) is 14.7. The van der Waals surface area contributed by atoms with E-state index < -0.39 is 10.8 Å². The molecule has 0 spiro atoms. The molecule has 0 saturated carbocycles. The Hall–Kier alpha value is -3.33. The van der Waals surface area contributed by atoms with Gasteiger partial charge in [-0.2, -0.15) is 0 Å². The van der Waals surface area contributed by atoms with Crippen molar-refractivity contribution in [1.29, 1.82) is 0 Å². The molecule has 1 aliphatic heterocycles. The first-order valence-electron chi connectivity index (χ1n) is 9.45. The van der Waals surface area contributed by atoms with Crippen molar-refractivity contribution in [2.24, 2.45) is 5.92 Å². The van der Waals surface area contributed by atoms with E-state index >= 15 is 0 Å². The number of ether oxygens (including phenoxy) is 2. The minimum atomic E-state index is -0.554. The van der Waals surface area contributed by atoms with Crippen LogP contribution in [0.4, 0.5) is 11.4 Å². The number of nitrogens with zero attached hydrogens (tertiary/aromatic N) is 3. The molecule has 164 valence electrons. The lowest BCUT2D eigenvalue weighted by atomic mass is 10.1. The molecule has 2 aromatic carbocycles. The minimum absolute atomic E-state index is 0.0566. The maximum Gasteiger partial charge on any atom is 0.269 e. The normalized spacial score (nSPS) is 15.7. The summed E-state index contributed by atoms with van der Waals surface area (Å²) in [5.74, 6) is 0.0715. The first kappa shape index (κ1) is 22.4. The molecule has 0 aliphatic carbocycles. The van der Waals surface area contributed by atoms with Gasteiger partial charge in [0.05, 0.1) is 30.7 Å². The fourth-order valence-corrected chi connectivity index (χ4v) is 3.73. The van der Waals surface area contributed by atoms with Gasteiger partial charge in [-0.15, -0.1) is 0 Å². The number of nitro benzene ring substituents is 1. The van der Waals surface area contributed by atoms with Gasteiger partial charge in [0, 0.05) is 49.8 Å². The highest BCUT2D eigenvalue weighted by Gasteiger charge is 2.37. The summed E-state index contributed by atoms with van der Waals surface area (Å²) in [5, 5.41) is 11.3. The number of benzene rings is 2. The van der Waals surface area contributed by atoms with Crippen LogP contribution in [0.3, 0.4) is 0 Å². The van der Waals surface area contributed by atoms with E-state index in [1.165, 1.54) is 42.2 Å². The third-order valence-corrected chi connectivity index (χ3v) is 5.54. The van der Waals surface area contributed by atoms with Gasteiger partial charge in [0.2, 0.25) is 11.8 Å². The monoisotopic (exact) mass is 447 g/mol. The van der Waals surface area contributed by atoms with Crippen LogP contribution in [-0.4, -0.2) is 49.4 Å². The molecule has 31 heavy (non-hydrogen) atoms. The minimum Gasteiger partial charge on any atom is -0.497 e. The van der Waals surface area contributed by atoms with Crippen molar-refractivity contribution in [2.45, 2.75) is 13.0 Å². The van der Waals surface area contributed by atoms with Gasteiger partial charge in [-0.1, -0.05) is 11.6 Å². The van der Waals surface area contributed by atoms with Crippen molar-refractivity contribution in [3.05, 3.63) is 57.1 Å². The lowest BCUT2D eigenvalue weighted by molar-refractivity contribution is -0.384. The fourth-order valence-electron chi connectivity index (χ4n) is 3.55. The third-order valence-electron chi connectivity index (χ3n) is 5.18. The van der Waals surface area contributed by atoms with E-state index in [4.69, 9.17) is 21.1 Å². The number of nitro groups is 1. The zero-order chi connectivity index (χ0) is 22.7. The molecular formula is C21H22ClN3O6. The van der Waals surface area contributed by atoms with Gasteiger partial charge in [0.1, 0.15) is 11.5 Å². The predicted molar refractivity (Wildman–Crippen MR) is 115 cm³/mol. The van der Waals surface area contributed by atoms with E-state index in [1.54, 1.807) is 25.2 Å². The Morgan fingerprint density at radius 1 is 1.26 bits per heavy atom. The largest absolute Gasteiger partial charge is 0.497 e. The Morgan fingerprint density at radius 2 is 2.00 bits per heavy atom. The molecule has 0 aromatic heterocycles. The zero-order valence-electron chi connectivity index (χ0n) is 17.3. The highest BCUT2D eigenvalue weighted by atomic mass is 35.5. The molecule has 3 rings (SSSR count). The average Bonchev–Trinajstić information content (AvgIpc) is 3.15. The lowest BCUT2D eigenvalue weighted by Gasteiger charge is -2.23. The van der Waals surface area contributed by atoms with Crippen LogP contribution in [-0.2, 0) is 16.1 Å². The number of carbonyl (C=O) groups is 2. The topological polar surface area (TPSA) is 102 Å². The number of carbonyl (C=O) groups excluding carboxylic acids is 2. The van der Waals surface area contributed by atoms with Gasteiger partial charge >= 0.3 is 0 Å². The van der Waals surface area contributed by atoms with Gasteiger partial charge in [-0.25, -0.2) is 0 Å². The van der Waals surface area contributed by atoms with Crippen LogP contribution < -0.4 is 14.4 Å². The van der Waals surface area contributed by atoms with E-state index in [2.05, 4.69) is 0 Å². The molecule has 1 fully saturated rings. The van der Waals surface area contributed by atoms with E-state index in [0.29, 0.717) is 27.8 Å². The summed E-state index contributed by atoms with van der Waals surface area (Å²) in [6.45, 7) is 0.295. The Kier molecular flexibility index (Phi) is 6.65. The molecule has 1 atom stereocenters. The van der Waals surface area contributed by atoms with Gasteiger partial charge in [-0.3, -0.25) is 19.7 Å². The molecule has 0 bridgehead atoms. The quantitative estimate of drug-likeness (QED) is 0.476. The number of anilines is 1. The van der Waals surface area contributed by atoms with Crippen LogP contribution in [0.5, 0.6) is 11.5 Å². The van der Waals surface area contributed by atoms with Crippen molar-refractivity contribution in [3.63, 3.8) is 0 Å². The Morgan fingerprint density at radius 3 is 2.65 bits per heavy atom. The summed E-state index contributed by atoms with van der Waals surface area (Å²) in [6.07, 6.45) is 0.0566. The van der Waals surface area contributed by atoms with Crippen molar-refractivity contribution < 1.29 is 24.0 Å². The van der Waals surface area contributed by atoms with Crippen molar-refractivity contribution in [3.8, 4) is 11.5 Å². The van der Waals surface area contributed by atoms with Gasteiger partial charge in [-0.05, 0) is 23.8 Å². The van der Waals surface area contributed by atoms with Gasteiger partial charge < -0.3 is 19.3 Å². The SMILES string of the molecule is COc1ccc(N2C[C@H](C(=O)N(C)Cc3cc([N+](=O)[O-])ccc3Cl)CC2=O)c(OC)c1. The molecule has 10 heteroatoms. The molecular weight excluding hydrogens is 426 g/mol. The third kappa shape index (κ3) is 4.72. The fraction of sp³-hybridized carbons (Fsp3) is 0.333. The smallest absolute Gasteiger partial charge is 0.269 e. The second-order valence-corrected chi connectivity index (χ2v) is 7.58. The summed E-state index contributed by atoms with van der Waals surface area (Å²) in [7, 11) is 4.62. The van der Waals surface area contributed by atoms with Gasteiger partial charge in [0.15, 0.2) is 0 Å². The van der Waals surface area contributed by atoms with E-state index in [-0.39, 0.29) is 37.0 Å². The van der Waals surface area contributed by atoms with E-state index in [9.17, 15) is 19.7 Å². The van der Waals surface area contributed by atoms with Crippen LogP contribution in [0.25, 0.3) is 0 Å². The predicted octanol–water partition coefficient (Wildman–Crippen LogP) is 3.28. The Balaban J connectivity index is 1.75. The summed E-state index contributed by atoms with van der Waals surface area (Å²) < 4.78 is 10.6. The number of hydrogen-bond acceptors (Lipinski definition) is 6. The summed E-state index contributed by atoms with van der Waals surface area (Å²) in [4.78, 5) is 39.1. The highest BCUT2D eigenvalue weighted by Crippen LogP contribution is 2.36. The molecule has 0 unspecified atom stereocenters. The van der Waals surface area contributed by atoms with Crippen LogP contribution in [0.15, 0.2) is 36.4 Å². The number of hydrogen-bond donors (Lipinski definition) is 0. The van der Waals surface area contributed by atoms with Crippen LogP contribution in [0, 0.1) is 16.0 Å². The maximum atomic E-state index is 13.0. The highest BCUT2D eigenvalue weighted by molar-refractivity contribution is 6.31. The number of methoxy groups -OCH3 is 2. The van der Waals surface area contributed by atoms with E-state index in [0.717, 1.165) is 0 Å². The van der Waals surface area contributed by atoms with Crippen LogP contribution >= 0.6 is 11.6 Å². The molecule has 0 N–H and O–H groups in total. The molecule has 2 amide bonds. The second-order valence-electron chi connectivity index (χ2n) is 7.17. The Labute approximate surface area is 184 Å². The molecule has 1 aliphatic rings. The van der Waals surface area contributed by atoms with E-state index in [1.807, 2.05) is 0 Å². The van der Waals surface area contributed by atoms with Crippen molar-refractivity contribution in [2.75, 3.05) is 32.7 Å². The molecule has 1 heterocycles. The Bertz CT molecular complexity index is 1030. The number of rotatable bonds is 7. The first-order valence-corrected chi connectivity index (χ1v) is 9.83. The second kappa shape index (κ2) is 9.22. The van der Waals surface area contributed by atoms with Crippen molar-refractivity contribution in [1.82, 2.24) is 4.90 Å². The zero-order valence-corrected chi connectivity index (χ0v) is 18.1. The summed E-state index contributed by atoms with van der Waals surface area (Å²) >= 11 is 6.15. The average molecular weight is 448 g/mol. The van der Waals surface area contributed by atoms with Gasteiger partial charge in [0.25, 0.3) is 5.69 Å². The standard InChI is InChI=1S/C21H22ClN3O6/c1-23(11-13-8-15(25(28)29)4-6-17(13)22)21(27)14-9-20(26)24(12-14)18-7-5-16(30-2)10-19(18)31-3/h4-8,10,14H,9,11-12H2,1-3H3/t14-/m1/s1. The summed E-state index contributed by atoms with van der Waals surface area (Å²) in [5.41, 5.74) is 0.923. The summed E-state index contributed by atoms with van der Waals surface area (Å²) in [6, 6.07) is 9.20. The number of non-ortho nitro benzene ring substituents is 1. The maximum absolute atomic E-state index is 13.0. The molecule has 2 aromatic rings. The van der Waals surface area contributed by atoms with Crippen LogP contribution in [0.1, 0.15) is 12.0 Å². The molecule has 1 saturated heterocycles. The lowest BCUT2D eigenvalue weighted by Crippen LogP contribution is -2.34. The molecule has 0 radical (unpaired) electrons.